The molecular formula is C12H9N3OS. The van der Waals surface area contributed by atoms with Crippen LogP contribution >= 0.6 is 11.3 Å². The van der Waals surface area contributed by atoms with Crippen LogP contribution in [0.3, 0.4) is 0 Å². The molecule has 0 saturated carbocycles. The Morgan fingerprint density at radius 2 is 2.12 bits per heavy atom. The van der Waals surface area contributed by atoms with Crippen molar-refractivity contribution in [2.45, 2.75) is 0 Å². The largest absolute Gasteiger partial charge is 0.329 e. The zero-order valence-corrected chi connectivity index (χ0v) is 9.65. The Morgan fingerprint density at radius 3 is 2.82 bits per heavy atom. The van der Waals surface area contributed by atoms with Crippen LogP contribution < -0.4 is 5.32 Å². The third-order valence-electron chi connectivity index (χ3n) is 2.50. The van der Waals surface area contributed by atoms with Gasteiger partial charge in [-0.1, -0.05) is 12.1 Å². The van der Waals surface area contributed by atoms with E-state index in [9.17, 15) is 4.79 Å². The summed E-state index contributed by atoms with van der Waals surface area (Å²) in [6.45, 7) is 0. The first-order valence-corrected chi connectivity index (χ1v) is 5.97. The van der Waals surface area contributed by atoms with Crippen molar-refractivity contribution < 1.29 is 4.79 Å². The monoisotopic (exact) mass is 243 g/mol. The van der Waals surface area contributed by atoms with Gasteiger partial charge >= 0.3 is 0 Å². The maximum atomic E-state index is 10.3. The summed E-state index contributed by atoms with van der Waals surface area (Å²) in [6.07, 6.45) is 4.65. The minimum absolute atomic E-state index is 0.668. The Bertz CT molecular complexity index is 625. The summed E-state index contributed by atoms with van der Waals surface area (Å²) < 4.78 is 2.00. The third kappa shape index (κ3) is 1.81. The molecule has 2 aromatic heterocycles. The number of benzene rings is 1. The molecule has 0 aliphatic heterocycles. The lowest BCUT2D eigenvalue weighted by molar-refractivity contribution is -0.105. The fourth-order valence-corrected chi connectivity index (χ4v) is 2.37. The van der Waals surface area contributed by atoms with E-state index >= 15 is 0 Å². The zero-order valence-electron chi connectivity index (χ0n) is 8.83. The lowest BCUT2D eigenvalue weighted by atomic mass is 10.1. The van der Waals surface area contributed by atoms with Crippen molar-refractivity contribution >= 4 is 28.4 Å². The van der Waals surface area contributed by atoms with Gasteiger partial charge in [-0.2, -0.15) is 0 Å². The van der Waals surface area contributed by atoms with Crippen molar-refractivity contribution in [3.05, 3.63) is 42.0 Å². The molecule has 0 aliphatic rings. The molecule has 1 amide bonds. The summed E-state index contributed by atoms with van der Waals surface area (Å²) in [7, 11) is 0. The van der Waals surface area contributed by atoms with E-state index in [1.54, 1.807) is 11.3 Å². The van der Waals surface area contributed by atoms with Gasteiger partial charge in [-0.15, -0.1) is 11.3 Å². The number of fused-ring (bicyclic) bond motifs is 1. The average Bonchev–Trinajstić information content (AvgIpc) is 2.90. The van der Waals surface area contributed by atoms with Crippen molar-refractivity contribution in [3.63, 3.8) is 0 Å². The molecule has 17 heavy (non-hydrogen) atoms. The number of carbonyl (C=O) groups is 1. The maximum absolute atomic E-state index is 10.3. The first-order chi connectivity index (χ1) is 8.36. The van der Waals surface area contributed by atoms with Crippen LogP contribution in [-0.4, -0.2) is 15.8 Å². The van der Waals surface area contributed by atoms with Crippen molar-refractivity contribution in [1.82, 2.24) is 9.38 Å². The molecule has 0 bridgehead atoms. The highest BCUT2D eigenvalue weighted by Crippen LogP contribution is 2.22. The molecule has 3 aromatic rings. The minimum atomic E-state index is 0.668. The van der Waals surface area contributed by atoms with E-state index in [1.165, 1.54) is 0 Å². The average molecular weight is 243 g/mol. The van der Waals surface area contributed by atoms with Gasteiger partial charge in [0.2, 0.25) is 6.41 Å². The molecule has 0 spiro atoms. The van der Waals surface area contributed by atoms with Crippen LogP contribution in [-0.2, 0) is 4.79 Å². The van der Waals surface area contributed by atoms with Gasteiger partial charge in [0.15, 0.2) is 4.96 Å². The SMILES string of the molecule is O=CNc1ccc(-c2cn3ccsc3n2)cc1. The molecule has 1 aromatic carbocycles. The number of nitrogens with zero attached hydrogens (tertiary/aromatic N) is 2. The van der Waals surface area contributed by atoms with Gasteiger partial charge in [-0.3, -0.25) is 9.20 Å². The van der Waals surface area contributed by atoms with Crippen LogP contribution in [0.5, 0.6) is 0 Å². The van der Waals surface area contributed by atoms with Crippen LogP contribution in [0.1, 0.15) is 0 Å². The van der Waals surface area contributed by atoms with Gasteiger partial charge in [-0.05, 0) is 12.1 Å². The van der Waals surface area contributed by atoms with Gasteiger partial charge in [0, 0.05) is 29.0 Å². The summed E-state index contributed by atoms with van der Waals surface area (Å²) in [5.74, 6) is 0. The molecule has 0 radical (unpaired) electrons. The number of hydrogen-bond acceptors (Lipinski definition) is 3. The van der Waals surface area contributed by atoms with Crippen molar-refractivity contribution in [3.8, 4) is 11.3 Å². The van der Waals surface area contributed by atoms with E-state index in [2.05, 4.69) is 10.3 Å². The molecule has 3 rings (SSSR count). The molecule has 0 saturated heterocycles. The second-order valence-electron chi connectivity index (χ2n) is 3.56. The lowest BCUT2D eigenvalue weighted by Crippen LogP contribution is -1.92. The number of imidazole rings is 1. The van der Waals surface area contributed by atoms with E-state index in [4.69, 9.17) is 0 Å². The fraction of sp³-hybridized carbons (Fsp3) is 0. The number of aromatic nitrogens is 2. The molecule has 5 heteroatoms. The van der Waals surface area contributed by atoms with Gasteiger partial charge in [0.1, 0.15) is 0 Å². The topological polar surface area (TPSA) is 46.4 Å². The summed E-state index contributed by atoms with van der Waals surface area (Å²) in [5, 5.41) is 4.61. The highest BCUT2D eigenvalue weighted by Gasteiger charge is 2.04. The Kier molecular flexibility index (Phi) is 2.38. The Labute approximate surface area is 102 Å². The number of anilines is 1. The first kappa shape index (κ1) is 10.0. The zero-order chi connectivity index (χ0) is 11.7. The van der Waals surface area contributed by atoms with E-state index in [0.29, 0.717) is 6.41 Å². The van der Waals surface area contributed by atoms with E-state index in [0.717, 1.165) is 21.9 Å². The quantitative estimate of drug-likeness (QED) is 0.719. The maximum Gasteiger partial charge on any atom is 0.211 e. The van der Waals surface area contributed by atoms with E-state index in [1.807, 2.05) is 46.4 Å². The predicted octanol–water partition coefficient (Wildman–Crippen LogP) is 2.63. The Balaban J connectivity index is 1.98. The van der Waals surface area contributed by atoms with E-state index in [-0.39, 0.29) is 0 Å². The van der Waals surface area contributed by atoms with Crippen LogP contribution in [0.25, 0.3) is 16.2 Å². The minimum Gasteiger partial charge on any atom is -0.329 e. The molecule has 1 N–H and O–H groups in total. The standard InChI is InChI=1S/C12H9N3OS/c16-8-13-10-3-1-9(2-4-10)11-7-15-5-6-17-12(15)14-11/h1-8H,(H,13,16). The second kappa shape index (κ2) is 4.03. The number of hydrogen-bond donors (Lipinski definition) is 1. The number of amides is 1. The molecule has 0 aliphatic carbocycles. The van der Waals surface area contributed by atoms with Gasteiger partial charge in [0.25, 0.3) is 0 Å². The highest BCUT2D eigenvalue weighted by atomic mass is 32.1. The first-order valence-electron chi connectivity index (χ1n) is 5.09. The predicted molar refractivity (Wildman–Crippen MR) is 68.2 cm³/mol. The van der Waals surface area contributed by atoms with Crippen LogP contribution in [0.15, 0.2) is 42.0 Å². The third-order valence-corrected chi connectivity index (χ3v) is 3.27. The molecular weight excluding hydrogens is 234 g/mol. The summed E-state index contributed by atoms with van der Waals surface area (Å²) in [6, 6.07) is 7.60. The normalized spacial score (nSPS) is 10.6. The molecule has 0 unspecified atom stereocenters. The second-order valence-corrected chi connectivity index (χ2v) is 4.43. The Morgan fingerprint density at radius 1 is 1.29 bits per heavy atom. The molecule has 0 atom stereocenters. The summed E-state index contributed by atoms with van der Waals surface area (Å²) in [4.78, 5) is 15.8. The number of nitrogens with one attached hydrogen (secondary N) is 1. The van der Waals surface area contributed by atoms with Gasteiger partial charge < -0.3 is 5.32 Å². The van der Waals surface area contributed by atoms with E-state index < -0.39 is 0 Å². The molecule has 2 heterocycles. The van der Waals surface area contributed by atoms with Crippen molar-refractivity contribution in [1.29, 1.82) is 0 Å². The lowest BCUT2D eigenvalue weighted by Gasteiger charge is -1.99. The van der Waals surface area contributed by atoms with Gasteiger partial charge in [-0.25, -0.2) is 4.98 Å². The van der Waals surface area contributed by atoms with Crippen molar-refractivity contribution in [2.24, 2.45) is 0 Å². The van der Waals surface area contributed by atoms with Crippen molar-refractivity contribution in [2.75, 3.05) is 5.32 Å². The van der Waals surface area contributed by atoms with Gasteiger partial charge in [0.05, 0.1) is 5.69 Å². The van der Waals surface area contributed by atoms with Crippen LogP contribution in [0.4, 0.5) is 5.69 Å². The molecule has 4 nitrogen and oxygen atoms in total. The molecule has 84 valence electrons. The number of thiazole rings is 1. The Hall–Kier alpha value is -2.14. The summed E-state index contributed by atoms with van der Waals surface area (Å²) in [5.41, 5.74) is 2.76. The molecule has 0 fully saturated rings. The van der Waals surface area contributed by atoms with Crippen LogP contribution in [0, 0.1) is 0 Å². The highest BCUT2D eigenvalue weighted by molar-refractivity contribution is 7.15. The summed E-state index contributed by atoms with van der Waals surface area (Å²) >= 11 is 1.61. The smallest absolute Gasteiger partial charge is 0.211 e. The fourth-order valence-electron chi connectivity index (χ4n) is 1.67. The number of carbonyl (C=O) groups excluding carboxylic acids is 1. The number of rotatable bonds is 3. The van der Waals surface area contributed by atoms with Crippen LogP contribution in [0.2, 0.25) is 0 Å².